The molecule has 0 bridgehead atoms. The summed E-state index contributed by atoms with van der Waals surface area (Å²) in [7, 11) is 0. The maximum Gasteiger partial charge on any atom is 0.251 e. The lowest BCUT2D eigenvalue weighted by Gasteiger charge is -2.50. The summed E-state index contributed by atoms with van der Waals surface area (Å²) in [5.74, 6) is -0.0798. The number of nitrogens with one attached hydrogen (secondary N) is 1. The quantitative estimate of drug-likeness (QED) is 0.0988. The fourth-order valence-electron chi connectivity index (χ4n) is 6.80. The molecule has 1 saturated heterocycles. The van der Waals surface area contributed by atoms with Crippen molar-refractivity contribution in [1.29, 1.82) is 5.26 Å². The van der Waals surface area contributed by atoms with Gasteiger partial charge >= 0.3 is 0 Å². The Morgan fingerprint density at radius 3 is 2.32 bits per heavy atom. The van der Waals surface area contributed by atoms with Crippen LogP contribution in [0.2, 0.25) is 0 Å². The van der Waals surface area contributed by atoms with Crippen molar-refractivity contribution in [3.63, 3.8) is 0 Å². The van der Waals surface area contributed by atoms with Crippen molar-refractivity contribution in [3.05, 3.63) is 60.8 Å². The van der Waals surface area contributed by atoms with Crippen LogP contribution in [0.25, 0.3) is 22.3 Å². The molecule has 0 saturated carbocycles. The number of nitrogens with zero attached hydrogens (tertiary/aromatic N) is 7. The first kappa shape index (κ1) is 37.0. The summed E-state index contributed by atoms with van der Waals surface area (Å²) < 4.78 is 10.00. The lowest BCUT2D eigenvalue weighted by atomic mass is 9.86. The lowest BCUT2D eigenvalue weighted by molar-refractivity contribution is 0.0763. The molecule has 1 N–H and O–H groups in total. The molecule has 0 radical (unpaired) electrons. The highest BCUT2D eigenvalue weighted by molar-refractivity contribution is 5.94. The third-order valence-electron chi connectivity index (χ3n) is 9.64. The zero-order chi connectivity index (χ0) is 35.6. The van der Waals surface area contributed by atoms with Crippen molar-refractivity contribution in [3.8, 4) is 17.3 Å². The first-order chi connectivity index (χ1) is 24.1. The Hall–Kier alpha value is -4.23. The van der Waals surface area contributed by atoms with Gasteiger partial charge in [0.15, 0.2) is 0 Å². The van der Waals surface area contributed by atoms with Gasteiger partial charge in [-0.15, -0.1) is 0 Å². The number of nitriles is 1. The molecule has 3 aromatic heterocycles. The van der Waals surface area contributed by atoms with Crippen molar-refractivity contribution in [2.75, 3.05) is 24.6 Å². The zero-order valence-corrected chi connectivity index (χ0v) is 30.8. The third kappa shape index (κ3) is 9.72. The molecular formula is C40H56N8O2. The van der Waals surface area contributed by atoms with E-state index in [1.165, 1.54) is 57.8 Å². The van der Waals surface area contributed by atoms with E-state index in [1.807, 2.05) is 72.0 Å². The van der Waals surface area contributed by atoms with E-state index < -0.39 is 5.54 Å². The number of hydrogen-bond donors (Lipinski definition) is 1. The Morgan fingerprint density at radius 1 is 0.980 bits per heavy atom. The second kappa shape index (κ2) is 17.1. The number of amides is 1. The van der Waals surface area contributed by atoms with E-state index in [0.717, 1.165) is 41.0 Å². The minimum Gasteiger partial charge on any atom is -0.366 e. The van der Waals surface area contributed by atoms with Crippen molar-refractivity contribution >= 4 is 22.6 Å². The van der Waals surface area contributed by atoms with Gasteiger partial charge in [-0.2, -0.15) is 10.4 Å². The minimum absolute atomic E-state index is 0.0798. The van der Waals surface area contributed by atoms with Gasteiger partial charge in [-0.3, -0.25) is 9.48 Å². The van der Waals surface area contributed by atoms with E-state index in [-0.39, 0.29) is 11.9 Å². The normalized spacial score (nSPS) is 14.2. The van der Waals surface area contributed by atoms with Gasteiger partial charge in [0.1, 0.15) is 24.2 Å². The van der Waals surface area contributed by atoms with Gasteiger partial charge in [-0.25, -0.2) is 9.97 Å². The number of ether oxygens (including phenoxy) is 1. The molecule has 1 aliphatic heterocycles. The summed E-state index contributed by atoms with van der Waals surface area (Å²) in [5.41, 5.74) is 4.20. The molecule has 0 atom stereocenters. The van der Waals surface area contributed by atoms with Crippen LogP contribution in [0.3, 0.4) is 0 Å². The van der Waals surface area contributed by atoms with Crippen LogP contribution in [0.15, 0.2) is 55.2 Å². The summed E-state index contributed by atoms with van der Waals surface area (Å²) in [4.78, 5) is 23.8. The second-order valence-electron chi connectivity index (χ2n) is 15.5. The summed E-state index contributed by atoms with van der Waals surface area (Å²) in [6, 6.07) is 12.1. The fraction of sp³-hybridized carbons (Fsp3) is 0.575. The number of carbonyl (C=O) groups is 1. The van der Waals surface area contributed by atoms with Gasteiger partial charge in [0.2, 0.25) is 0 Å². The summed E-state index contributed by atoms with van der Waals surface area (Å²) in [6.07, 6.45) is 20.8. The number of anilines is 1. The van der Waals surface area contributed by atoms with Crippen LogP contribution in [-0.4, -0.2) is 56.0 Å². The molecule has 5 rings (SSSR count). The number of unbranched alkanes of at least 4 members (excludes halogenated alkanes) is 8. The molecule has 1 aliphatic rings. The smallest absolute Gasteiger partial charge is 0.251 e. The SMILES string of the molecule is CC(C)NC(=O)c1ccc(N2CC(CC#N)(n3cc(-c4ncnc5c4ccn5COCCCCCCCCCCCC(C)(C)C)cn3)C2)cc1. The molecule has 10 heteroatoms. The van der Waals surface area contributed by atoms with Crippen LogP contribution in [0.4, 0.5) is 5.69 Å². The maximum absolute atomic E-state index is 12.4. The predicted molar refractivity (Wildman–Crippen MR) is 200 cm³/mol. The monoisotopic (exact) mass is 680 g/mol. The topological polar surface area (TPSA) is 114 Å². The summed E-state index contributed by atoms with van der Waals surface area (Å²) in [6.45, 7) is 13.4. The number of rotatable bonds is 19. The highest BCUT2D eigenvalue weighted by atomic mass is 16.5. The number of fused-ring (bicyclic) bond motifs is 1. The van der Waals surface area contributed by atoms with Gasteiger partial charge in [0, 0.05) is 60.3 Å². The molecule has 4 heterocycles. The van der Waals surface area contributed by atoms with E-state index in [4.69, 9.17) is 9.84 Å². The standard InChI is InChI=1S/C40H56N8O2/c1-31(2)45-38(49)32-15-17-34(18-16-32)47-27-40(28-47,21-22-41)48-26-33(25-44-48)36-35-19-23-46(37(35)43-29-42-36)30-50-24-14-12-10-8-6-7-9-11-13-20-39(3,4)5/h15-19,23,25-26,29,31H,6-14,20-21,24,27-28,30H2,1-5H3,(H,45,49). The van der Waals surface area contributed by atoms with Crippen LogP contribution >= 0.6 is 0 Å². The Labute approximate surface area is 298 Å². The largest absolute Gasteiger partial charge is 0.366 e. The average Bonchev–Trinajstić information content (AvgIpc) is 3.72. The molecule has 10 nitrogen and oxygen atoms in total. The molecule has 0 aliphatic carbocycles. The third-order valence-corrected chi connectivity index (χ3v) is 9.64. The first-order valence-corrected chi connectivity index (χ1v) is 18.5. The van der Waals surface area contributed by atoms with E-state index in [0.29, 0.717) is 37.2 Å². The highest BCUT2D eigenvalue weighted by Crippen LogP contribution is 2.37. The summed E-state index contributed by atoms with van der Waals surface area (Å²) >= 11 is 0. The highest BCUT2D eigenvalue weighted by Gasteiger charge is 2.45. The molecule has 1 amide bonds. The first-order valence-electron chi connectivity index (χ1n) is 18.5. The van der Waals surface area contributed by atoms with E-state index in [9.17, 15) is 10.1 Å². The molecule has 4 aromatic rings. The Morgan fingerprint density at radius 2 is 1.66 bits per heavy atom. The van der Waals surface area contributed by atoms with E-state index in [1.54, 1.807) is 6.33 Å². The van der Waals surface area contributed by atoms with E-state index in [2.05, 4.69) is 47.0 Å². The summed E-state index contributed by atoms with van der Waals surface area (Å²) in [5, 5.41) is 18.3. The Bertz CT molecular complexity index is 1700. The van der Waals surface area contributed by atoms with Crippen molar-refractivity contribution < 1.29 is 9.53 Å². The zero-order valence-electron chi connectivity index (χ0n) is 30.8. The number of hydrogen-bond acceptors (Lipinski definition) is 7. The predicted octanol–water partition coefficient (Wildman–Crippen LogP) is 8.48. The van der Waals surface area contributed by atoms with Crippen LogP contribution in [-0.2, 0) is 17.0 Å². The van der Waals surface area contributed by atoms with Gasteiger partial charge in [0.25, 0.3) is 5.91 Å². The molecule has 1 fully saturated rings. The molecule has 50 heavy (non-hydrogen) atoms. The van der Waals surface area contributed by atoms with Crippen LogP contribution in [0, 0.1) is 16.7 Å². The van der Waals surface area contributed by atoms with E-state index >= 15 is 0 Å². The molecule has 0 unspecified atom stereocenters. The number of carbonyl (C=O) groups excluding carboxylic acids is 1. The van der Waals surface area contributed by atoms with Crippen LogP contribution < -0.4 is 10.2 Å². The van der Waals surface area contributed by atoms with Crippen LogP contribution in [0.5, 0.6) is 0 Å². The number of benzene rings is 1. The Balaban J connectivity index is 1.09. The molecule has 0 spiro atoms. The average molecular weight is 681 g/mol. The van der Waals surface area contributed by atoms with Crippen molar-refractivity contribution in [2.24, 2.45) is 5.41 Å². The molecular weight excluding hydrogens is 624 g/mol. The number of aromatic nitrogens is 5. The van der Waals surface area contributed by atoms with Gasteiger partial charge < -0.3 is 19.5 Å². The van der Waals surface area contributed by atoms with Gasteiger partial charge in [0.05, 0.1) is 24.4 Å². The second-order valence-corrected chi connectivity index (χ2v) is 15.5. The fourth-order valence-corrected chi connectivity index (χ4v) is 6.80. The molecule has 268 valence electrons. The maximum atomic E-state index is 12.4. The molecule has 1 aromatic carbocycles. The van der Waals surface area contributed by atoms with Gasteiger partial charge in [-0.1, -0.05) is 72.1 Å². The minimum atomic E-state index is -0.446. The van der Waals surface area contributed by atoms with Gasteiger partial charge in [-0.05, 0) is 62.4 Å². The van der Waals surface area contributed by atoms with Crippen molar-refractivity contribution in [2.45, 2.75) is 124 Å². The Kier molecular flexibility index (Phi) is 12.7. The van der Waals surface area contributed by atoms with Crippen molar-refractivity contribution in [1.82, 2.24) is 29.6 Å². The lowest BCUT2D eigenvalue weighted by Crippen LogP contribution is -2.63. The van der Waals surface area contributed by atoms with Crippen LogP contribution in [0.1, 0.15) is 116 Å².